The van der Waals surface area contributed by atoms with E-state index in [1.165, 1.54) is 0 Å². The van der Waals surface area contributed by atoms with Crippen LogP contribution in [-0.4, -0.2) is 30.6 Å². The molecule has 0 atom stereocenters. The Hall–Kier alpha value is -2.30. The maximum absolute atomic E-state index is 12.8. The minimum absolute atomic E-state index is 0.288. The fourth-order valence-electron chi connectivity index (χ4n) is 3.52. The Bertz CT molecular complexity index is 1030. The first-order valence-corrected chi connectivity index (χ1v) is 10.5. The second-order valence-corrected chi connectivity index (χ2v) is 7.45. The predicted molar refractivity (Wildman–Crippen MR) is 121 cm³/mol. The van der Waals surface area contributed by atoms with Crippen LogP contribution in [0.3, 0.4) is 0 Å². The number of halogens is 2. The van der Waals surface area contributed by atoms with Crippen LogP contribution in [0.2, 0.25) is 10.0 Å². The zero-order valence-electron chi connectivity index (χ0n) is 16.8. The Morgan fingerprint density at radius 2 is 1.79 bits per heavy atom. The number of hydrogen-bond acceptors (Lipinski definition) is 4. The number of pyridine rings is 1. The number of anilines is 1. The molecule has 2 aromatic carbocycles. The van der Waals surface area contributed by atoms with Gasteiger partial charge in [0.25, 0.3) is 0 Å². The molecule has 1 aromatic heterocycles. The highest BCUT2D eigenvalue weighted by Gasteiger charge is 2.25. The van der Waals surface area contributed by atoms with Crippen molar-refractivity contribution in [3.8, 4) is 0 Å². The highest BCUT2D eigenvalue weighted by Crippen LogP contribution is 2.35. The average Bonchev–Trinajstić information content (AvgIpc) is 2.71. The van der Waals surface area contributed by atoms with Crippen molar-refractivity contribution in [1.29, 1.82) is 0 Å². The molecule has 0 aliphatic heterocycles. The van der Waals surface area contributed by atoms with Crippen LogP contribution < -0.4 is 4.90 Å². The van der Waals surface area contributed by atoms with Gasteiger partial charge in [0.05, 0.1) is 17.8 Å². The molecule has 3 aromatic rings. The second-order valence-electron chi connectivity index (χ2n) is 6.61. The largest absolute Gasteiger partial charge is 0.461 e. The lowest BCUT2D eigenvalue weighted by atomic mass is 9.97. The van der Waals surface area contributed by atoms with Crippen molar-refractivity contribution >= 4 is 45.8 Å². The second kappa shape index (κ2) is 9.47. The molecule has 6 heteroatoms. The summed E-state index contributed by atoms with van der Waals surface area (Å²) in [7, 11) is 0. The monoisotopic (exact) mass is 430 g/mol. The number of aromatic nitrogens is 1. The van der Waals surface area contributed by atoms with Gasteiger partial charge in [0.1, 0.15) is 0 Å². The number of carbonyl (C=O) groups excluding carboxylic acids is 1. The van der Waals surface area contributed by atoms with E-state index in [1.807, 2.05) is 36.4 Å². The van der Waals surface area contributed by atoms with Gasteiger partial charge in [-0.3, -0.25) is 0 Å². The van der Waals surface area contributed by atoms with E-state index >= 15 is 0 Å². The molecule has 0 saturated heterocycles. The third-order valence-electron chi connectivity index (χ3n) is 4.90. The van der Waals surface area contributed by atoms with Gasteiger partial charge in [-0.2, -0.15) is 0 Å². The standard InChI is InChI=1S/C23H24Cl2N2O2/c1-4-27(5-2)22-18(13-15-9-7-8-10-19(15)25)17-14-16(24)11-12-20(17)26-21(22)23(28)29-6-3/h7-12,14H,4-6,13H2,1-3H3. The first-order valence-electron chi connectivity index (χ1n) is 9.77. The summed E-state index contributed by atoms with van der Waals surface area (Å²) in [5.74, 6) is -0.424. The number of rotatable bonds is 7. The van der Waals surface area contributed by atoms with Gasteiger partial charge in [-0.1, -0.05) is 41.4 Å². The summed E-state index contributed by atoms with van der Waals surface area (Å²) in [4.78, 5) is 19.6. The summed E-state index contributed by atoms with van der Waals surface area (Å²) in [6, 6.07) is 13.2. The number of carbonyl (C=O) groups is 1. The smallest absolute Gasteiger partial charge is 0.359 e. The van der Waals surface area contributed by atoms with Crippen LogP contribution >= 0.6 is 23.2 Å². The average molecular weight is 431 g/mol. The molecule has 0 aliphatic rings. The molecule has 152 valence electrons. The van der Waals surface area contributed by atoms with Crippen molar-refractivity contribution in [1.82, 2.24) is 4.98 Å². The molecule has 0 unspecified atom stereocenters. The topological polar surface area (TPSA) is 42.4 Å². The summed E-state index contributed by atoms with van der Waals surface area (Å²) in [5, 5.41) is 2.21. The Balaban J connectivity index is 2.36. The Kier molecular flexibility index (Phi) is 6.99. The molecule has 0 radical (unpaired) electrons. The van der Waals surface area contributed by atoms with Crippen molar-refractivity contribution in [3.63, 3.8) is 0 Å². The summed E-state index contributed by atoms with van der Waals surface area (Å²) in [6.07, 6.45) is 0.553. The molecule has 0 aliphatic carbocycles. The lowest BCUT2D eigenvalue weighted by molar-refractivity contribution is 0.0520. The molecule has 0 saturated carbocycles. The van der Waals surface area contributed by atoms with Crippen molar-refractivity contribution < 1.29 is 9.53 Å². The van der Waals surface area contributed by atoms with Crippen LogP contribution in [0.25, 0.3) is 10.9 Å². The summed E-state index contributed by atoms with van der Waals surface area (Å²) < 4.78 is 5.33. The molecule has 0 N–H and O–H groups in total. The lowest BCUT2D eigenvalue weighted by Gasteiger charge is -2.27. The summed E-state index contributed by atoms with van der Waals surface area (Å²) >= 11 is 12.8. The van der Waals surface area contributed by atoms with E-state index in [0.29, 0.717) is 27.7 Å². The van der Waals surface area contributed by atoms with Crippen LogP contribution in [0.1, 0.15) is 42.4 Å². The molecular weight excluding hydrogens is 407 g/mol. The minimum Gasteiger partial charge on any atom is -0.461 e. The SMILES string of the molecule is CCOC(=O)c1nc2ccc(Cl)cc2c(Cc2ccccc2Cl)c1N(CC)CC. The molecular formula is C23H24Cl2N2O2. The molecule has 1 heterocycles. The highest BCUT2D eigenvalue weighted by atomic mass is 35.5. The molecule has 29 heavy (non-hydrogen) atoms. The van der Waals surface area contributed by atoms with E-state index in [-0.39, 0.29) is 6.61 Å². The van der Waals surface area contributed by atoms with Crippen LogP contribution in [0.4, 0.5) is 5.69 Å². The lowest BCUT2D eigenvalue weighted by Crippen LogP contribution is -2.27. The fourth-order valence-corrected chi connectivity index (χ4v) is 3.90. The number of nitrogens with zero attached hydrogens (tertiary/aromatic N) is 2. The van der Waals surface area contributed by atoms with E-state index in [1.54, 1.807) is 13.0 Å². The van der Waals surface area contributed by atoms with Gasteiger partial charge in [0.2, 0.25) is 0 Å². The van der Waals surface area contributed by atoms with Crippen LogP contribution in [0.15, 0.2) is 42.5 Å². The molecule has 3 rings (SSSR count). The normalized spacial score (nSPS) is 10.9. The molecule has 4 nitrogen and oxygen atoms in total. The van der Waals surface area contributed by atoms with Gasteiger partial charge >= 0.3 is 5.97 Å². The zero-order chi connectivity index (χ0) is 21.0. The zero-order valence-corrected chi connectivity index (χ0v) is 18.3. The molecule has 0 spiro atoms. The van der Waals surface area contributed by atoms with Crippen LogP contribution in [-0.2, 0) is 11.2 Å². The van der Waals surface area contributed by atoms with Crippen molar-refractivity contribution in [2.75, 3.05) is 24.6 Å². The first-order chi connectivity index (χ1) is 14.0. The van der Waals surface area contributed by atoms with Crippen LogP contribution in [0, 0.1) is 0 Å². The maximum atomic E-state index is 12.8. The van der Waals surface area contributed by atoms with Crippen molar-refractivity contribution in [2.24, 2.45) is 0 Å². The van der Waals surface area contributed by atoms with E-state index in [2.05, 4.69) is 23.7 Å². The van der Waals surface area contributed by atoms with E-state index in [9.17, 15) is 4.79 Å². The number of ether oxygens (including phenoxy) is 1. The quantitative estimate of drug-likeness (QED) is 0.421. The van der Waals surface area contributed by atoms with Gasteiger partial charge in [-0.05, 0) is 56.2 Å². The Labute approximate surface area is 181 Å². The van der Waals surface area contributed by atoms with Crippen LogP contribution in [0.5, 0.6) is 0 Å². The maximum Gasteiger partial charge on any atom is 0.359 e. The van der Waals surface area contributed by atoms with E-state index in [4.69, 9.17) is 27.9 Å². The number of hydrogen-bond donors (Lipinski definition) is 0. The van der Waals surface area contributed by atoms with Gasteiger partial charge in [0.15, 0.2) is 5.69 Å². The number of fused-ring (bicyclic) bond motifs is 1. The predicted octanol–water partition coefficient (Wildman–Crippen LogP) is 6.16. The fraction of sp³-hybridized carbons (Fsp3) is 0.304. The van der Waals surface area contributed by atoms with E-state index in [0.717, 1.165) is 35.3 Å². The van der Waals surface area contributed by atoms with Crippen molar-refractivity contribution in [3.05, 3.63) is 69.3 Å². The molecule has 0 amide bonds. The Morgan fingerprint density at radius 1 is 1.07 bits per heavy atom. The van der Waals surface area contributed by atoms with Gasteiger partial charge < -0.3 is 9.64 Å². The van der Waals surface area contributed by atoms with E-state index < -0.39 is 5.97 Å². The van der Waals surface area contributed by atoms with Gasteiger partial charge in [-0.15, -0.1) is 0 Å². The minimum atomic E-state index is -0.424. The molecule has 0 fully saturated rings. The third-order valence-corrected chi connectivity index (χ3v) is 5.50. The molecule has 0 bridgehead atoms. The number of benzene rings is 2. The first kappa shape index (κ1) is 21.4. The number of esters is 1. The highest BCUT2D eigenvalue weighted by molar-refractivity contribution is 6.31. The van der Waals surface area contributed by atoms with Crippen molar-refractivity contribution in [2.45, 2.75) is 27.2 Å². The third kappa shape index (κ3) is 4.49. The Morgan fingerprint density at radius 3 is 2.45 bits per heavy atom. The summed E-state index contributed by atoms with van der Waals surface area (Å²) in [5.41, 5.74) is 3.76. The van der Waals surface area contributed by atoms with Gasteiger partial charge in [0, 0.05) is 34.9 Å². The summed E-state index contributed by atoms with van der Waals surface area (Å²) in [6.45, 7) is 7.65. The van der Waals surface area contributed by atoms with Gasteiger partial charge in [-0.25, -0.2) is 9.78 Å².